The van der Waals surface area contributed by atoms with Crippen molar-refractivity contribution < 1.29 is 28.6 Å². The van der Waals surface area contributed by atoms with Gasteiger partial charge in [0.2, 0.25) is 5.78 Å². The van der Waals surface area contributed by atoms with Crippen LogP contribution in [0.5, 0.6) is 11.5 Å². The van der Waals surface area contributed by atoms with Crippen molar-refractivity contribution in [3.05, 3.63) is 95.5 Å². The number of carbonyl (C=O) groups is 2. The van der Waals surface area contributed by atoms with E-state index in [-0.39, 0.29) is 11.3 Å². The quantitative estimate of drug-likeness (QED) is 0.303. The van der Waals surface area contributed by atoms with E-state index in [1.165, 1.54) is 12.0 Å². The standard InChI is InChI=1S/C30H28N2O6/c1-5-37-22-10-6-8-18(16-22)26-25(27(33)24-17-19-9-7-11-23(36-4)29(19)38-24)28(34)30(35)32(26)21-14-12-20(13-15-21)31(2)3/h6-17,26,34H,5H2,1-4H3. The largest absolute Gasteiger partial charge is 0.503 e. The maximum absolute atomic E-state index is 13.9. The number of carbonyl (C=O) groups excluding carboxylic acids is 2. The van der Waals surface area contributed by atoms with E-state index in [1.54, 1.807) is 60.7 Å². The van der Waals surface area contributed by atoms with E-state index in [0.717, 1.165) is 5.69 Å². The first-order valence-electron chi connectivity index (χ1n) is 12.2. The van der Waals surface area contributed by atoms with Gasteiger partial charge in [0.05, 0.1) is 25.3 Å². The lowest BCUT2D eigenvalue weighted by Crippen LogP contribution is -2.31. The number of furan rings is 1. The Morgan fingerprint density at radius 1 is 1.05 bits per heavy atom. The summed E-state index contributed by atoms with van der Waals surface area (Å²) >= 11 is 0. The molecule has 2 heterocycles. The second-order valence-electron chi connectivity index (χ2n) is 9.07. The molecule has 194 valence electrons. The number of benzene rings is 3. The van der Waals surface area contributed by atoms with Gasteiger partial charge in [-0.25, -0.2) is 0 Å². The minimum Gasteiger partial charge on any atom is -0.503 e. The van der Waals surface area contributed by atoms with Gasteiger partial charge in [-0.05, 0) is 61.0 Å². The fraction of sp³-hybridized carbons (Fsp3) is 0.200. The first-order chi connectivity index (χ1) is 18.3. The van der Waals surface area contributed by atoms with Crippen molar-refractivity contribution in [2.75, 3.05) is 37.6 Å². The number of aliphatic hydroxyl groups is 1. The highest BCUT2D eigenvalue weighted by Crippen LogP contribution is 2.43. The predicted octanol–water partition coefficient (Wildman–Crippen LogP) is 5.69. The number of anilines is 2. The number of ketones is 1. The first kappa shape index (κ1) is 25.0. The maximum Gasteiger partial charge on any atom is 0.294 e. The zero-order valence-corrected chi connectivity index (χ0v) is 21.6. The molecule has 0 bridgehead atoms. The minimum atomic E-state index is -0.907. The summed E-state index contributed by atoms with van der Waals surface area (Å²) < 4.78 is 16.9. The van der Waals surface area contributed by atoms with Crippen LogP contribution in [0.25, 0.3) is 11.0 Å². The average Bonchev–Trinajstić information content (AvgIpc) is 3.48. The molecule has 0 saturated carbocycles. The van der Waals surface area contributed by atoms with E-state index in [1.807, 2.05) is 38.1 Å². The number of amides is 1. The molecule has 0 spiro atoms. The Bertz CT molecular complexity index is 1550. The Morgan fingerprint density at radius 2 is 1.79 bits per heavy atom. The van der Waals surface area contributed by atoms with E-state index in [4.69, 9.17) is 13.9 Å². The summed E-state index contributed by atoms with van der Waals surface area (Å²) in [6, 6.07) is 20.5. The molecule has 1 aliphatic rings. The first-order valence-corrected chi connectivity index (χ1v) is 12.2. The molecule has 5 rings (SSSR count). The SMILES string of the molecule is CCOc1cccc(C2C(C(=O)c3cc4cccc(OC)c4o3)=C(O)C(=O)N2c2ccc(N(C)C)cc2)c1. The number of aliphatic hydroxyl groups excluding tert-OH is 1. The molecule has 1 atom stereocenters. The fourth-order valence-electron chi connectivity index (χ4n) is 4.71. The molecule has 1 unspecified atom stereocenters. The van der Waals surface area contributed by atoms with Crippen LogP contribution in [0.2, 0.25) is 0 Å². The van der Waals surface area contributed by atoms with Crippen LogP contribution in [-0.4, -0.2) is 44.6 Å². The van der Waals surface area contributed by atoms with E-state index in [9.17, 15) is 14.7 Å². The topological polar surface area (TPSA) is 92.4 Å². The smallest absolute Gasteiger partial charge is 0.294 e. The van der Waals surface area contributed by atoms with Gasteiger partial charge in [-0.15, -0.1) is 0 Å². The highest BCUT2D eigenvalue weighted by molar-refractivity contribution is 6.20. The van der Waals surface area contributed by atoms with Crippen LogP contribution >= 0.6 is 0 Å². The second kappa shape index (κ2) is 9.97. The van der Waals surface area contributed by atoms with E-state index < -0.39 is 23.5 Å². The van der Waals surface area contributed by atoms with Crippen molar-refractivity contribution in [2.45, 2.75) is 13.0 Å². The molecule has 4 aromatic rings. The fourth-order valence-corrected chi connectivity index (χ4v) is 4.71. The summed E-state index contributed by atoms with van der Waals surface area (Å²) in [6.07, 6.45) is 0. The second-order valence-corrected chi connectivity index (χ2v) is 9.07. The van der Waals surface area contributed by atoms with Crippen molar-refractivity contribution in [3.8, 4) is 11.5 Å². The molecule has 1 aromatic heterocycles. The Morgan fingerprint density at radius 3 is 2.47 bits per heavy atom. The van der Waals surface area contributed by atoms with Gasteiger partial charge in [0.15, 0.2) is 22.9 Å². The van der Waals surface area contributed by atoms with E-state index in [2.05, 4.69) is 0 Å². The third-order valence-corrected chi connectivity index (χ3v) is 6.53. The molecule has 0 radical (unpaired) electrons. The summed E-state index contributed by atoms with van der Waals surface area (Å²) in [5, 5.41) is 11.8. The van der Waals surface area contributed by atoms with Gasteiger partial charge in [0.1, 0.15) is 5.75 Å². The van der Waals surface area contributed by atoms with Crippen molar-refractivity contribution in [3.63, 3.8) is 0 Å². The normalized spacial score (nSPS) is 15.3. The monoisotopic (exact) mass is 512 g/mol. The number of nitrogens with zero attached hydrogens (tertiary/aromatic N) is 2. The Hall–Kier alpha value is -4.72. The molecule has 8 heteroatoms. The van der Waals surface area contributed by atoms with Crippen LogP contribution < -0.4 is 19.3 Å². The van der Waals surface area contributed by atoms with Gasteiger partial charge in [0.25, 0.3) is 5.91 Å². The van der Waals surface area contributed by atoms with Crippen LogP contribution in [0.1, 0.15) is 29.1 Å². The van der Waals surface area contributed by atoms with E-state index >= 15 is 0 Å². The molecule has 8 nitrogen and oxygen atoms in total. The molecule has 1 N–H and O–H groups in total. The molecule has 3 aromatic carbocycles. The van der Waals surface area contributed by atoms with Crippen molar-refractivity contribution >= 4 is 34.0 Å². The zero-order valence-electron chi connectivity index (χ0n) is 21.6. The van der Waals surface area contributed by atoms with Crippen molar-refractivity contribution in [2.24, 2.45) is 0 Å². The van der Waals surface area contributed by atoms with Gasteiger partial charge in [0, 0.05) is 30.9 Å². The van der Waals surface area contributed by atoms with Gasteiger partial charge in [-0.2, -0.15) is 0 Å². The highest BCUT2D eigenvalue weighted by Gasteiger charge is 2.45. The number of hydrogen-bond donors (Lipinski definition) is 1. The summed E-state index contributed by atoms with van der Waals surface area (Å²) in [6.45, 7) is 2.33. The Labute approximate surface area is 220 Å². The highest BCUT2D eigenvalue weighted by atomic mass is 16.5. The summed E-state index contributed by atoms with van der Waals surface area (Å²) in [5.41, 5.74) is 2.43. The summed E-state index contributed by atoms with van der Waals surface area (Å²) in [4.78, 5) is 30.8. The number of Topliss-reactive ketones (excluding diaryl/α,β-unsaturated/α-hetero) is 1. The molecular weight excluding hydrogens is 484 g/mol. The lowest BCUT2D eigenvalue weighted by molar-refractivity contribution is -0.117. The number of methoxy groups -OCH3 is 1. The maximum atomic E-state index is 13.9. The number of ether oxygens (including phenoxy) is 2. The van der Waals surface area contributed by atoms with Crippen LogP contribution in [0, 0.1) is 0 Å². The molecule has 1 aliphatic heterocycles. The van der Waals surface area contributed by atoms with Crippen molar-refractivity contribution in [1.29, 1.82) is 0 Å². The van der Waals surface area contributed by atoms with Gasteiger partial charge in [-0.1, -0.05) is 24.3 Å². The Kier molecular flexibility index (Phi) is 6.55. The molecule has 38 heavy (non-hydrogen) atoms. The lowest BCUT2D eigenvalue weighted by Gasteiger charge is -2.27. The molecule has 0 fully saturated rings. The molecule has 0 saturated heterocycles. The predicted molar refractivity (Wildman–Crippen MR) is 145 cm³/mol. The van der Waals surface area contributed by atoms with Crippen LogP contribution in [0.15, 0.2) is 88.5 Å². The van der Waals surface area contributed by atoms with Crippen LogP contribution in [-0.2, 0) is 4.79 Å². The molecular formula is C30H28N2O6. The van der Waals surface area contributed by atoms with Gasteiger partial charge in [-0.3, -0.25) is 14.5 Å². The number of hydrogen-bond acceptors (Lipinski definition) is 7. The summed E-state index contributed by atoms with van der Waals surface area (Å²) in [7, 11) is 5.36. The minimum absolute atomic E-state index is 0.00498. The third kappa shape index (κ3) is 4.24. The van der Waals surface area contributed by atoms with Gasteiger partial charge >= 0.3 is 0 Å². The molecule has 1 amide bonds. The third-order valence-electron chi connectivity index (χ3n) is 6.53. The average molecular weight is 513 g/mol. The number of fused-ring (bicyclic) bond motifs is 1. The van der Waals surface area contributed by atoms with Crippen LogP contribution in [0.4, 0.5) is 11.4 Å². The van der Waals surface area contributed by atoms with E-state index in [0.29, 0.717) is 40.3 Å². The number of para-hydroxylation sites is 1. The van der Waals surface area contributed by atoms with Crippen LogP contribution in [0.3, 0.4) is 0 Å². The van der Waals surface area contributed by atoms with Crippen molar-refractivity contribution in [1.82, 2.24) is 0 Å². The zero-order chi connectivity index (χ0) is 27.0. The Balaban J connectivity index is 1.64. The summed E-state index contributed by atoms with van der Waals surface area (Å²) in [5.74, 6) is -0.821. The lowest BCUT2D eigenvalue weighted by atomic mass is 9.94. The molecule has 0 aliphatic carbocycles. The number of rotatable bonds is 8. The van der Waals surface area contributed by atoms with Gasteiger partial charge < -0.3 is 23.9 Å².